The van der Waals surface area contributed by atoms with E-state index in [0.717, 1.165) is 73.8 Å². The van der Waals surface area contributed by atoms with E-state index in [0.29, 0.717) is 0 Å². The fourth-order valence-electron chi connectivity index (χ4n) is 16.6. The lowest BCUT2D eigenvalue weighted by Gasteiger charge is -2.53. The van der Waals surface area contributed by atoms with Crippen molar-refractivity contribution < 1.29 is 8.83 Å². The standard InChI is InChI=1S/C75H68BN3O2S/c1-43-21-11-14-26-57(43)79-67-48(31-32-63-65(67)52-41-53-54(42-64(52)82-63)73(7,8)36-35-72(53,5)6)51-39-45(40-60-66(51)76(79)56-38-44(71(2,3)4)37-55-68(56)78(60)75(10)34-18-17-33-74(55,75)9)77(58-27-19-24-49-46-22-12-15-29-61(46)80-69(49)58)59-28-20-25-50-47-23-13-16-30-62(47)81-70(50)59/h11-16,19-32,37-42H,17-18,33-36H2,1-10H3. The topological polar surface area (TPSA) is 36.0 Å². The first-order valence-corrected chi connectivity index (χ1v) is 30.9. The smallest absolute Gasteiger partial charge is 0.333 e. The van der Waals surface area contributed by atoms with Crippen molar-refractivity contribution in [1.82, 2.24) is 0 Å². The number of furan rings is 2. The average Bonchev–Trinajstić information content (AvgIpc) is 1.48. The number of anilines is 7. The second-order valence-corrected chi connectivity index (χ2v) is 28.9. The van der Waals surface area contributed by atoms with Gasteiger partial charge >= 0.3 is 6.85 Å². The summed E-state index contributed by atoms with van der Waals surface area (Å²) in [6.45, 7) is 24.6. The summed E-state index contributed by atoms with van der Waals surface area (Å²) in [6.07, 6.45) is 7.00. The number of aryl methyl sites for hydroxylation is 1. The summed E-state index contributed by atoms with van der Waals surface area (Å²) in [6, 6.07) is 60.3. The zero-order valence-corrected chi connectivity index (χ0v) is 49.7. The quantitative estimate of drug-likeness (QED) is 0.164. The van der Waals surface area contributed by atoms with Crippen molar-refractivity contribution in [2.75, 3.05) is 14.6 Å². The van der Waals surface area contributed by atoms with Crippen LogP contribution in [0.25, 0.3) is 75.2 Å². The van der Waals surface area contributed by atoms with E-state index in [2.05, 4.69) is 242 Å². The van der Waals surface area contributed by atoms with Crippen LogP contribution >= 0.6 is 11.3 Å². The van der Waals surface area contributed by atoms with E-state index in [1.54, 1.807) is 0 Å². The second-order valence-electron chi connectivity index (χ2n) is 27.8. The van der Waals surface area contributed by atoms with Gasteiger partial charge < -0.3 is 23.4 Å². The molecule has 0 bridgehead atoms. The van der Waals surface area contributed by atoms with E-state index in [-0.39, 0.29) is 34.0 Å². The lowest BCUT2D eigenvalue weighted by molar-refractivity contribution is 0.195. The second kappa shape index (κ2) is 16.3. The van der Waals surface area contributed by atoms with Crippen LogP contribution in [0.3, 0.4) is 0 Å². The molecule has 1 fully saturated rings. The van der Waals surface area contributed by atoms with E-state index in [1.807, 2.05) is 11.3 Å². The number of rotatable bonds is 4. The monoisotopic (exact) mass is 1090 g/mol. The van der Waals surface area contributed by atoms with Gasteiger partial charge in [0, 0.05) is 81.1 Å². The molecule has 2 unspecified atom stereocenters. The lowest BCUT2D eigenvalue weighted by Crippen LogP contribution is -2.65. The van der Waals surface area contributed by atoms with Crippen molar-refractivity contribution >= 4 is 133 Å². The predicted molar refractivity (Wildman–Crippen MR) is 349 cm³/mol. The molecule has 404 valence electrons. The van der Waals surface area contributed by atoms with E-state index in [4.69, 9.17) is 8.83 Å². The molecule has 82 heavy (non-hydrogen) atoms. The van der Waals surface area contributed by atoms with Crippen LogP contribution < -0.4 is 25.5 Å². The molecule has 2 aliphatic carbocycles. The van der Waals surface area contributed by atoms with E-state index in [1.165, 1.54) is 118 Å². The number of benzene rings is 9. The molecule has 5 nitrogen and oxygen atoms in total. The molecule has 3 aromatic heterocycles. The SMILES string of the molecule is Cc1ccccc1N1B2c3cc(C(C)(C)C)cc4c3N(c3cc(N(c5cccc6c5oc5ccccc56)c5cccc6c5oc5ccccc56)cc(c32)-c2ccc3sc5cc6c(cc5c3c21)C(C)(C)CCC6(C)C)C1(C)CCCCC41C. The van der Waals surface area contributed by atoms with Crippen molar-refractivity contribution in [2.45, 2.75) is 135 Å². The van der Waals surface area contributed by atoms with Gasteiger partial charge in [-0.15, -0.1) is 11.3 Å². The maximum absolute atomic E-state index is 7.10. The number of hydrogen-bond acceptors (Lipinski definition) is 6. The summed E-state index contributed by atoms with van der Waals surface area (Å²) in [4.78, 5) is 8.23. The van der Waals surface area contributed by atoms with Gasteiger partial charge in [-0.25, -0.2) is 0 Å². The molecule has 12 aromatic rings. The van der Waals surface area contributed by atoms with Gasteiger partial charge in [0.15, 0.2) is 11.2 Å². The van der Waals surface area contributed by atoms with Crippen molar-refractivity contribution in [3.63, 3.8) is 0 Å². The summed E-state index contributed by atoms with van der Waals surface area (Å²) in [5.41, 5.74) is 24.0. The summed E-state index contributed by atoms with van der Waals surface area (Å²) >= 11 is 1.98. The zero-order valence-electron chi connectivity index (χ0n) is 48.9. The Morgan fingerprint density at radius 1 is 0.537 bits per heavy atom. The Kier molecular flexibility index (Phi) is 9.72. The van der Waals surface area contributed by atoms with Crippen LogP contribution in [-0.4, -0.2) is 12.4 Å². The number of fused-ring (bicyclic) bond motifs is 18. The third-order valence-electron chi connectivity index (χ3n) is 21.3. The van der Waals surface area contributed by atoms with Gasteiger partial charge in [-0.1, -0.05) is 165 Å². The third kappa shape index (κ3) is 6.31. The maximum atomic E-state index is 7.10. The lowest BCUT2D eigenvalue weighted by atomic mass is 9.43. The van der Waals surface area contributed by atoms with Gasteiger partial charge in [0.05, 0.1) is 16.9 Å². The Morgan fingerprint density at radius 2 is 1.16 bits per heavy atom. The van der Waals surface area contributed by atoms with E-state index >= 15 is 0 Å². The molecule has 0 amide bonds. The van der Waals surface area contributed by atoms with E-state index < -0.39 is 0 Å². The van der Waals surface area contributed by atoms with Crippen molar-refractivity contribution in [2.24, 2.45) is 0 Å². The Hall–Kier alpha value is -7.74. The molecule has 1 saturated carbocycles. The molecular weight excluding hydrogens is 1020 g/mol. The summed E-state index contributed by atoms with van der Waals surface area (Å²) in [7, 11) is 0. The highest BCUT2D eigenvalue weighted by Gasteiger charge is 2.62. The molecule has 17 rings (SSSR count). The number of nitrogens with zero attached hydrogens (tertiary/aromatic N) is 3. The van der Waals surface area contributed by atoms with Crippen LogP contribution in [0.4, 0.5) is 39.8 Å². The van der Waals surface area contributed by atoms with Gasteiger partial charge in [-0.05, 0) is 161 Å². The zero-order chi connectivity index (χ0) is 55.7. The largest absolute Gasteiger partial charge is 0.454 e. The summed E-state index contributed by atoms with van der Waals surface area (Å²) in [5, 5.41) is 7.12. The predicted octanol–water partition coefficient (Wildman–Crippen LogP) is 20.3. The molecule has 0 N–H and O–H groups in total. The van der Waals surface area contributed by atoms with Crippen molar-refractivity contribution in [3.8, 4) is 11.1 Å². The van der Waals surface area contributed by atoms with Crippen LogP contribution in [0.5, 0.6) is 0 Å². The normalized spacial score (nSPS) is 20.2. The molecule has 0 spiro atoms. The molecule has 7 heteroatoms. The number of para-hydroxylation sites is 5. The minimum Gasteiger partial charge on any atom is -0.454 e. The van der Waals surface area contributed by atoms with Gasteiger partial charge in [-0.2, -0.15) is 0 Å². The highest BCUT2D eigenvalue weighted by Crippen LogP contribution is 2.64. The molecule has 9 aromatic carbocycles. The minimum absolute atomic E-state index is 0.0485. The molecule has 0 radical (unpaired) electrons. The first-order valence-electron chi connectivity index (χ1n) is 30.1. The molecular formula is C75H68BN3O2S. The molecule has 5 aliphatic rings. The molecule has 2 atom stereocenters. The molecule has 0 saturated heterocycles. The van der Waals surface area contributed by atoms with Crippen LogP contribution in [0.15, 0.2) is 167 Å². The van der Waals surface area contributed by atoms with Gasteiger partial charge in [-0.3, -0.25) is 0 Å². The maximum Gasteiger partial charge on any atom is 0.333 e. The first-order chi connectivity index (χ1) is 39.4. The Labute approximate surface area is 485 Å². The van der Waals surface area contributed by atoms with Crippen LogP contribution in [-0.2, 0) is 21.7 Å². The Bertz CT molecular complexity index is 4680. The Morgan fingerprint density at radius 3 is 1.83 bits per heavy atom. The van der Waals surface area contributed by atoms with Gasteiger partial charge in [0.1, 0.15) is 11.2 Å². The third-order valence-corrected chi connectivity index (χ3v) is 22.4. The number of thiophene rings is 1. The van der Waals surface area contributed by atoms with Gasteiger partial charge in [0.2, 0.25) is 0 Å². The van der Waals surface area contributed by atoms with Crippen LogP contribution in [0, 0.1) is 6.92 Å². The minimum atomic E-state index is -0.209. The number of hydrogen-bond donors (Lipinski definition) is 0. The fraction of sp³-hybridized carbons (Fsp3) is 0.280. The fourth-order valence-corrected chi connectivity index (χ4v) is 17.7. The first kappa shape index (κ1) is 48.9. The Balaban J connectivity index is 1.06. The highest BCUT2D eigenvalue weighted by molar-refractivity contribution is 7.26. The highest BCUT2D eigenvalue weighted by atomic mass is 32.1. The van der Waals surface area contributed by atoms with Crippen LogP contribution in [0.1, 0.15) is 129 Å². The molecule has 3 aliphatic heterocycles. The van der Waals surface area contributed by atoms with E-state index in [9.17, 15) is 0 Å². The van der Waals surface area contributed by atoms with Crippen LogP contribution in [0.2, 0.25) is 0 Å². The van der Waals surface area contributed by atoms with Gasteiger partial charge in [0.25, 0.3) is 0 Å². The average molecular weight is 1090 g/mol. The molecule has 6 heterocycles. The summed E-state index contributed by atoms with van der Waals surface area (Å²) < 4.78 is 16.9. The van der Waals surface area contributed by atoms with Crippen molar-refractivity contribution in [3.05, 3.63) is 186 Å². The van der Waals surface area contributed by atoms with Crippen molar-refractivity contribution in [1.29, 1.82) is 0 Å². The summed E-state index contributed by atoms with van der Waals surface area (Å²) in [5.74, 6) is 0.